The molecule has 1 rings (SSSR count). The van der Waals surface area contributed by atoms with Crippen LogP contribution in [0.1, 0.15) is 0 Å². The van der Waals surface area contributed by atoms with Crippen molar-refractivity contribution in [2.45, 2.75) is 0 Å². The molecule has 2 nitrogen and oxygen atoms in total. The van der Waals surface area contributed by atoms with Crippen molar-refractivity contribution in [2.24, 2.45) is 0 Å². The lowest BCUT2D eigenvalue weighted by Crippen LogP contribution is -1.93. The summed E-state index contributed by atoms with van der Waals surface area (Å²) in [7, 11) is 0. The summed E-state index contributed by atoms with van der Waals surface area (Å²) in [6.07, 6.45) is 4.81. The topological polar surface area (TPSA) is 26.3 Å². The first-order valence-corrected chi connectivity index (χ1v) is 2.28. The number of terminal acetylenes is 1. The first-order valence-electron chi connectivity index (χ1n) is 2.28. The molecule has 0 aliphatic carbocycles. The summed E-state index contributed by atoms with van der Waals surface area (Å²) >= 11 is 0. The summed E-state index contributed by atoms with van der Waals surface area (Å²) in [5.41, 5.74) is 0.000000000000000222. The van der Waals surface area contributed by atoms with Gasteiger partial charge in [0.2, 0.25) is 5.83 Å². The minimum atomic E-state index is -0.956. The van der Waals surface area contributed by atoms with Crippen LogP contribution < -0.4 is 0 Å². The van der Waals surface area contributed by atoms with Crippen LogP contribution in [0, 0.1) is 12.3 Å². The summed E-state index contributed by atoms with van der Waals surface area (Å²) in [5, 5.41) is 0. The number of esters is 1. The summed E-state index contributed by atoms with van der Waals surface area (Å²) in [4.78, 5) is 10.2. The standard InChI is InChI=1S/C6H3FO2/c1-2-4-3-9-6(8)5(4)7/h1H,3H2. The molecule has 0 saturated carbocycles. The fourth-order valence-corrected chi connectivity index (χ4v) is 0.493. The van der Waals surface area contributed by atoms with Crippen molar-refractivity contribution in [1.82, 2.24) is 0 Å². The van der Waals surface area contributed by atoms with E-state index in [1.54, 1.807) is 0 Å². The van der Waals surface area contributed by atoms with Crippen molar-refractivity contribution in [1.29, 1.82) is 0 Å². The second-order valence-corrected chi connectivity index (χ2v) is 1.51. The van der Waals surface area contributed by atoms with Crippen LogP contribution in [0.15, 0.2) is 11.4 Å². The maximum Gasteiger partial charge on any atom is 0.368 e. The Bertz CT molecular complexity index is 222. The van der Waals surface area contributed by atoms with Gasteiger partial charge in [-0.15, -0.1) is 6.42 Å². The average Bonchev–Trinajstić information content (AvgIpc) is 2.15. The number of cyclic esters (lactones) is 1. The van der Waals surface area contributed by atoms with Gasteiger partial charge in [-0.25, -0.2) is 4.79 Å². The van der Waals surface area contributed by atoms with Crippen molar-refractivity contribution < 1.29 is 13.9 Å². The number of hydrogen-bond acceptors (Lipinski definition) is 2. The van der Waals surface area contributed by atoms with Crippen LogP contribution in [0.2, 0.25) is 0 Å². The molecule has 0 radical (unpaired) electrons. The number of ether oxygens (including phenoxy) is 1. The maximum absolute atomic E-state index is 12.2. The fraction of sp³-hybridized carbons (Fsp3) is 0.167. The van der Waals surface area contributed by atoms with Crippen molar-refractivity contribution in [3.63, 3.8) is 0 Å². The molecule has 1 aliphatic heterocycles. The van der Waals surface area contributed by atoms with E-state index in [2.05, 4.69) is 4.74 Å². The van der Waals surface area contributed by atoms with Crippen molar-refractivity contribution in [2.75, 3.05) is 6.61 Å². The molecule has 0 aromatic rings. The molecule has 3 heteroatoms. The largest absolute Gasteiger partial charge is 0.455 e. The van der Waals surface area contributed by atoms with E-state index in [1.807, 2.05) is 5.92 Å². The van der Waals surface area contributed by atoms with Crippen molar-refractivity contribution >= 4 is 5.97 Å². The summed E-state index contributed by atoms with van der Waals surface area (Å²) in [6.45, 7) is -0.0961. The monoisotopic (exact) mass is 126 g/mol. The highest BCUT2D eigenvalue weighted by Crippen LogP contribution is 2.14. The Balaban J connectivity index is 2.96. The number of rotatable bonds is 0. The lowest BCUT2D eigenvalue weighted by atomic mass is 10.3. The fourth-order valence-electron chi connectivity index (χ4n) is 0.493. The molecular formula is C6H3FO2. The average molecular weight is 126 g/mol. The van der Waals surface area contributed by atoms with E-state index in [0.29, 0.717) is 0 Å². The van der Waals surface area contributed by atoms with Crippen LogP contribution in [-0.4, -0.2) is 12.6 Å². The van der Waals surface area contributed by atoms with Gasteiger partial charge in [0.25, 0.3) is 0 Å². The molecule has 46 valence electrons. The van der Waals surface area contributed by atoms with E-state index in [0.717, 1.165) is 0 Å². The zero-order valence-corrected chi connectivity index (χ0v) is 4.48. The van der Waals surface area contributed by atoms with Crippen LogP contribution in [0.3, 0.4) is 0 Å². The molecule has 0 saturated heterocycles. The van der Waals surface area contributed by atoms with E-state index in [-0.39, 0.29) is 12.2 Å². The maximum atomic E-state index is 12.2. The summed E-state index contributed by atoms with van der Waals surface area (Å²) in [5.74, 6) is 0.114. The van der Waals surface area contributed by atoms with Crippen LogP contribution in [0.5, 0.6) is 0 Å². The zero-order chi connectivity index (χ0) is 6.85. The van der Waals surface area contributed by atoms with Gasteiger partial charge in [0.1, 0.15) is 6.61 Å². The first-order chi connectivity index (χ1) is 4.25. The molecular weight excluding hydrogens is 123 g/mol. The Hall–Kier alpha value is -1.30. The Morgan fingerprint density at radius 3 is 2.67 bits per heavy atom. The summed E-state index contributed by atoms with van der Waals surface area (Å²) in [6, 6.07) is 0. The lowest BCUT2D eigenvalue weighted by Gasteiger charge is -1.84. The number of hydrogen-bond donors (Lipinski definition) is 0. The van der Waals surface area contributed by atoms with E-state index in [9.17, 15) is 9.18 Å². The van der Waals surface area contributed by atoms with Gasteiger partial charge in [-0.3, -0.25) is 0 Å². The van der Waals surface area contributed by atoms with Gasteiger partial charge in [0.15, 0.2) is 0 Å². The van der Waals surface area contributed by atoms with Crippen molar-refractivity contribution in [3.8, 4) is 12.3 Å². The van der Waals surface area contributed by atoms with Crippen molar-refractivity contribution in [3.05, 3.63) is 11.4 Å². The lowest BCUT2D eigenvalue weighted by molar-refractivity contribution is -0.137. The highest BCUT2D eigenvalue weighted by Gasteiger charge is 2.23. The van der Waals surface area contributed by atoms with Gasteiger partial charge in [0, 0.05) is 0 Å². The molecule has 1 heterocycles. The van der Waals surface area contributed by atoms with Crippen LogP contribution in [-0.2, 0) is 9.53 Å². The van der Waals surface area contributed by atoms with Gasteiger partial charge in [-0.1, -0.05) is 5.92 Å². The molecule has 0 atom stereocenters. The SMILES string of the molecule is C#CC1=C(F)C(=O)OC1. The quantitative estimate of drug-likeness (QED) is 0.347. The van der Waals surface area contributed by atoms with Gasteiger partial charge in [-0.05, 0) is 0 Å². The predicted octanol–water partition coefficient (Wildman–Crippen LogP) is 0.400. The normalized spacial score (nSPS) is 17.6. The van der Waals surface area contributed by atoms with E-state index >= 15 is 0 Å². The first kappa shape index (κ1) is 5.83. The minimum absolute atomic E-state index is 0.000000000000000222. The highest BCUT2D eigenvalue weighted by atomic mass is 19.1. The van der Waals surface area contributed by atoms with Gasteiger partial charge >= 0.3 is 5.97 Å². The third kappa shape index (κ3) is 0.789. The van der Waals surface area contributed by atoms with E-state index < -0.39 is 11.8 Å². The van der Waals surface area contributed by atoms with Gasteiger partial charge in [-0.2, -0.15) is 4.39 Å². The Morgan fingerprint density at radius 2 is 2.44 bits per heavy atom. The number of carbonyl (C=O) groups is 1. The van der Waals surface area contributed by atoms with E-state index in [4.69, 9.17) is 6.42 Å². The molecule has 0 bridgehead atoms. The van der Waals surface area contributed by atoms with Crippen LogP contribution in [0.4, 0.5) is 4.39 Å². The third-order valence-electron chi connectivity index (χ3n) is 0.966. The molecule has 0 unspecified atom stereocenters. The van der Waals surface area contributed by atoms with Crippen LogP contribution in [0.25, 0.3) is 0 Å². The second-order valence-electron chi connectivity index (χ2n) is 1.51. The third-order valence-corrected chi connectivity index (χ3v) is 0.966. The molecule has 0 aromatic carbocycles. The van der Waals surface area contributed by atoms with Crippen LogP contribution >= 0.6 is 0 Å². The van der Waals surface area contributed by atoms with Gasteiger partial charge < -0.3 is 4.74 Å². The molecule has 0 amide bonds. The smallest absolute Gasteiger partial charge is 0.368 e. The molecule has 0 aromatic heterocycles. The number of carbonyl (C=O) groups excluding carboxylic acids is 1. The predicted molar refractivity (Wildman–Crippen MR) is 27.9 cm³/mol. The molecule has 0 fully saturated rings. The zero-order valence-electron chi connectivity index (χ0n) is 4.48. The number of halogens is 1. The Kier molecular flexibility index (Phi) is 1.23. The Labute approximate surface area is 51.3 Å². The molecule has 0 N–H and O–H groups in total. The summed E-state index contributed by atoms with van der Waals surface area (Å²) < 4.78 is 16.5. The highest BCUT2D eigenvalue weighted by molar-refractivity contribution is 5.90. The molecule has 9 heavy (non-hydrogen) atoms. The molecule has 1 aliphatic rings. The molecule has 0 spiro atoms. The Morgan fingerprint density at radius 1 is 1.78 bits per heavy atom. The minimum Gasteiger partial charge on any atom is -0.455 e. The second kappa shape index (κ2) is 1.90. The van der Waals surface area contributed by atoms with E-state index in [1.165, 1.54) is 0 Å². The van der Waals surface area contributed by atoms with Gasteiger partial charge in [0.05, 0.1) is 5.57 Å².